The van der Waals surface area contributed by atoms with E-state index in [1.165, 1.54) is 15.3 Å². The van der Waals surface area contributed by atoms with E-state index >= 15 is 0 Å². The average molecular weight is 430 g/mol. The monoisotopic (exact) mass is 432 g/mol. The van der Waals surface area contributed by atoms with Crippen molar-refractivity contribution in [3.63, 3.8) is 0 Å². The van der Waals surface area contributed by atoms with Gasteiger partial charge < -0.3 is 0 Å². The van der Waals surface area contributed by atoms with Crippen molar-refractivity contribution < 1.29 is 0 Å². The van der Waals surface area contributed by atoms with Crippen LogP contribution in [0.25, 0.3) is 0 Å². The molecule has 0 aliphatic heterocycles. The molecule has 0 heterocycles. The summed E-state index contributed by atoms with van der Waals surface area (Å²) in [5, 5.41) is 1.31. The number of halogens is 1. The van der Waals surface area contributed by atoms with Crippen molar-refractivity contribution in [3.05, 3.63) is 37.3 Å². The molecule has 0 aliphatic carbocycles. The number of aryl methyl sites for hydroxylation is 1. The molecule has 1 aromatic carbocycles. The maximum absolute atomic E-state index is 2.48. The second-order valence-electron chi connectivity index (χ2n) is 2.79. The summed E-state index contributed by atoms with van der Waals surface area (Å²) in [6.45, 7) is 4.39. The Morgan fingerprint density at radius 1 is 1.36 bits per heavy atom. The molecule has 1 aromatic rings. The molecule has 0 aromatic heterocycles. The van der Waals surface area contributed by atoms with E-state index in [1.54, 1.807) is 2.48 Å². The molecule has 0 fully saturated rings. The predicted molar refractivity (Wildman–Crippen MR) is 74.9 cm³/mol. The molecule has 0 atom stereocenters. The third-order valence-corrected chi connectivity index (χ3v) is 8.54. The van der Waals surface area contributed by atoms with E-state index in [1.807, 2.05) is 0 Å². The summed E-state index contributed by atoms with van der Waals surface area (Å²) in [5.74, 6) is 0. The van der Waals surface area contributed by atoms with Crippen LogP contribution in [0, 0.1) is 6.92 Å². The van der Waals surface area contributed by atoms with E-state index in [4.69, 9.17) is 0 Å². The van der Waals surface area contributed by atoms with Gasteiger partial charge in [0, 0.05) is 0 Å². The average Bonchev–Trinajstić information content (AvgIpc) is 2.17. The van der Waals surface area contributed by atoms with Crippen molar-refractivity contribution in [2.24, 2.45) is 0 Å². The minimum atomic E-state index is 0.529. The molecule has 3 heteroatoms. The summed E-state index contributed by atoms with van der Waals surface area (Å²) in [4.78, 5) is 2.42. The van der Waals surface area contributed by atoms with Gasteiger partial charge in [-0.15, -0.1) is 0 Å². The molecule has 0 bridgehead atoms. The van der Waals surface area contributed by atoms with E-state index in [-0.39, 0.29) is 0 Å². The second kappa shape index (κ2) is 7.08. The van der Waals surface area contributed by atoms with E-state index < -0.39 is 0 Å². The quantitative estimate of drug-likeness (QED) is 0.510. The first-order valence-electron chi connectivity index (χ1n) is 4.44. The molecule has 1 rings (SSSR count). The summed E-state index contributed by atoms with van der Waals surface area (Å²) in [6.07, 6.45) is 0. The summed E-state index contributed by atoms with van der Waals surface area (Å²) < 4.78 is 3.04. The van der Waals surface area contributed by atoms with Crippen molar-refractivity contribution in [1.29, 1.82) is 0 Å². The molecule has 0 unspecified atom stereocenters. The van der Waals surface area contributed by atoms with Gasteiger partial charge in [0.2, 0.25) is 0 Å². The third-order valence-electron chi connectivity index (χ3n) is 1.59. The zero-order valence-electron chi connectivity index (χ0n) is 8.29. The van der Waals surface area contributed by atoms with Gasteiger partial charge in [0.1, 0.15) is 0 Å². The van der Waals surface area contributed by atoms with Crippen molar-refractivity contribution in [3.8, 4) is 0 Å². The number of hydrogen-bond acceptors (Lipinski definition) is 0. The molecule has 0 amide bonds. The topological polar surface area (TPSA) is 0 Å². The number of benzene rings is 1. The predicted octanol–water partition coefficient (Wildman–Crippen LogP) is 2.70. The fraction of sp³-hybridized carbons (Fsp3) is 0.273. The Hall–Kier alpha value is 0.729. The van der Waals surface area contributed by atoms with Gasteiger partial charge in [0.15, 0.2) is 0 Å². The molecular formula is C11H13ISe2. The summed E-state index contributed by atoms with van der Waals surface area (Å²) in [5.41, 5.74) is 1.35. The molecule has 0 spiro atoms. The van der Waals surface area contributed by atoms with Gasteiger partial charge in [-0.05, 0) is 0 Å². The molecular weight excluding hydrogens is 417 g/mol. The van der Waals surface area contributed by atoms with Crippen LogP contribution in [0.3, 0.4) is 0 Å². The van der Waals surface area contributed by atoms with Crippen LogP contribution in [0.15, 0.2) is 31.7 Å². The van der Waals surface area contributed by atoms with E-state index in [0.717, 1.165) is 0 Å². The summed E-state index contributed by atoms with van der Waals surface area (Å²) in [7, 11) is 0. The van der Waals surface area contributed by atoms with Gasteiger partial charge in [-0.2, -0.15) is 0 Å². The SMILES string of the molecule is CC[Se]/C(I)=C\[Se]c1ccc(C)cc1. The molecule has 0 nitrogen and oxygen atoms in total. The van der Waals surface area contributed by atoms with Gasteiger partial charge >= 0.3 is 113 Å². The normalized spacial score (nSPS) is 11.8. The molecule has 0 saturated heterocycles. The van der Waals surface area contributed by atoms with Crippen molar-refractivity contribution in [1.82, 2.24) is 0 Å². The number of rotatable bonds is 4. The molecule has 0 saturated carbocycles. The van der Waals surface area contributed by atoms with E-state index in [2.05, 4.69) is 65.7 Å². The van der Waals surface area contributed by atoms with Crippen molar-refractivity contribution >= 4 is 57.0 Å². The molecule has 0 radical (unpaired) electrons. The first-order chi connectivity index (χ1) is 6.72. The molecule has 14 heavy (non-hydrogen) atoms. The molecule has 0 N–H and O–H groups in total. The van der Waals surface area contributed by atoms with E-state index in [9.17, 15) is 0 Å². The van der Waals surface area contributed by atoms with Crippen LogP contribution >= 0.6 is 22.6 Å². The Kier molecular flexibility index (Phi) is 6.47. The summed E-state index contributed by atoms with van der Waals surface area (Å²) in [6, 6.07) is 8.88. The second-order valence-corrected chi connectivity index (χ2v) is 10.3. The third kappa shape index (κ3) is 4.99. The zero-order chi connectivity index (χ0) is 10.4. The molecule has 0 aliphatic rings. The van der Waals surface area contributed by atoms with Gasteiger partial charge in [-0.3, -0.25) is 0 Å². The summed E-state index contributed by atoms with van der Waals surface area (Å²) >= 11 is 3.72. The molecule has 76 valence electrons. The maximum atomic E-state index is 2.48. The van der Waals surface area contributed by atoms with Crippen LogP contribution in [0.4, 0.5) is 0 Å². The van der Waals surface area contributed by atoms with Crippen LogP contribution in [0.2, 0.25) is 5.32 Å². The Balaban J connectivity index is 2.53. The fourth-order valence-electron chi connectivity index (χ4n) is 0.903. The zero-order valence-corrected chi connectivity index (χ0v) is 13.9. The first-order valence-corrected chi connectivity index (χ1v) is 9.43. The van der Waals surface area contributed by atoms with Crippen LogP contribution in [-0.2, 0) is 0 Å². The Labute approximate surface area is 112 Å². The van der Waals surface area contributed by atoms with Gasteiger partial charge in [0.05, 0.1) is 0 Å². The van der Waals surface area contributed by atoms with Gasteiger partial charge in [-0.25, -0.2) is 0 Å². The van der Waals surface area contributed by atoms with Crippen molar-refractivity contribution in [2.75, 3.05) is 0 Å². The van der Waals surface area contributed by atoms with Crippen LogP contribution in [-0.4, -0.2) is 29.9 Å². The minimum absolute atomic E-state index is 0.529. The van der Waals surface area contributed by atoms with Crippen LogP contribution < -0.4 is 4.46 Å². The number of hydrogen-bond donors (Lipinski definition) is 0. The van der Waals surface area contributed by atoms with Gasteiger partial charge in [0.25, 0.3) is 0 Å². The Morgan fingerprint density at radius 2 is 2.00 bits per heavy atom. The van der Waals surface area contributed by atoms with E-state index in [0.29, 0.717) is 29.9 Å². The Bertz CT molecular complexity index is 304. The standard InChI is InChI=1S/C11H13ISe2/c1-3-13-11(12)8-14-10-6-4-9(2)5-7-10/h4-8H,3H2,1-2H3/b11-8-. The Morgan fingerprint density at radius 3 is 2.57 bits per heavy atom. The first kappa shape index (κ1) is 12.8. The van der Waals surface area contributed by atoms with Crippen molar-refractivity contribution in [2.45, 2.75) is 19.2 Å². The van der Waals surface area contributed by atoms with Crippen LogP contribution in [0.5, 0.6) is 0 Å². The van der Waals surface area contributed by atoms with Gasteiger partial charge in [-0.1, -0.05) is 0 Å². The van der Waals surface area contributed by atoms with Crippen LogP contribution in [0.1, 0.15) is 12.5 Å². The fourth-order valence-corrected chi connectivity index (χ4v) is 6.26.